The van der Waals surface area contributed by atoms with Gasteiger partial charge in [0.25, 0.3) is 5.91 Å². The van der Waals surface area contributed by atoms with Crippen LogP contribution < -0.4 is 14.2 Å². The van der Waals surface area contributed by atoms with Gasteiger partial charge in [0, 0.05) is 12.1 Å². The molecule has 14 heteroatoms. The van der Waals surface area contributed by atoms with Crippen molar-refractivity contribution in [3.63, 3.8) is 0 Å². The standard InChI is InChI=1S/C16H12ClF5N2O5S/c1-30(26,27)24-14(25)9-5-12(19)13(6-11(9)18)29-8-4-10(17)15(23-7-8)28-3-2-16(20,21)22/h4-7H,2-3H2,1H3,(H,24,25). The second-order valence-corrected chi connectivity index (χ2v) is 7.90. The molecule has 30 heavy (non-hydrogen) atoms. The van der Waals surface area contributed by atoms with Crippen molar-refractivity contribution in [1.82, 2.24) is 9.71 Å². The van der Waals surface area contributed by atoms with E-state index in [9.17, 15) is 35.2 Å². The summed E-state index contributed by atoms with van der Waals surface area (Å²) >= 11 is 5.82. The van der Waals surface area contributed by atoms with Crippen molar-refractivity contribution in [2.75, 3.05) is 12.9 Å². The number of amides is 1. The Labute approximate surface area is 171 Å². The van der Waals surface area contributed by atoms with E-state index < -0.39 is 58.1 Å². The van der Waals surface area contributed by atoms with E-state index in [0.717, 1.165) is 12.3 Å². The summed E-state index contributed by atoms with van der Waals surface area (Å²) in [4.78, 5) is 15.3. The number of hydrogen-bond acceptors (Lipinski definition) is 6. The number of nitrogens with zero attached hydrogens (tertiary/aromatic N) is 1. The Morgan fingerprint density at radius 2 is 1.87 bits per heavy atom. The van der Waals surface area contributed by atoms with Crippen molar-refractivity contribution in [3.8, 4) is 17.4 Å². The van der Waals surface area contributed by atoms with E-state index in [1.54, 1.807) is 0 Å². The number of nitrogens with one attached hydrogen (secondary N) is 1. The fourth-order valence-electron chi connectivity index (χ4n) is 1.96. The second kappa shape index (κ2) is 9.00. The number of alkyl halides is 3. The Hall–Kier alpha value is -2.67. The summed E-state index contributed by atoms with van der Waals surface area (Å²) in [6.45, 7) is -0.729. The third kappa shape index (κ3) is 6.99. The number of benzene rings is 1. The van der Waals surface area contributed by atoms with Gasteiger partial charge in [-0.3, -0.25) is 4.79 Å². The van der Waals surface area contributed by atoms with Gasteiger partial charge >= 0.3 is 6.18 Å². The summed E-state index contributed by atoms with van der Waals surface area (Å²) < 4.78 is 98.0. The molecule has 1 aromatic carbocycles. The van der Waals surface area contributed by atoms with Crippen LogP contribution in [0.3, 0.4) is 0 Å². The van der Waals surface area contributed by atoms with Crippen LogP contribution in [0.5, 0.6) is 17.4 Å². The minimum absolute atomic E-state index is 0.213. The normalized spacial score (nSPS) is 11.8. The van der Waals surface area contributed by atoms with Crippen molar-refractivity contribution in [3.05, 3.63) is 46.6 Å². The molecule has 0 bridgehead atoms. The molecule has 0 spiro atoms. The van der Waals surface area contributed by atoms with E-state index in [-0.39, 0.29) is 16.7 Å². The van der Waals surface area contributed by atoms with Crippen LogP contribution in [0.15, 0.2) is 24.4 Å². The molecule has 2 aromatic rings. The van der Waals surface area contributed by atoms with Crippen LogP contribution in [0, 0.1) is 11.6 Å². The van der Waals surface area contributed by atoms with Gasteiger partial charge in [0.1, 0.15) is 16.6 Å². The van der Waals surface area contributed by atoms with Gasteiger partial charge in [-0.05, 0) is 6.07 Å². The molecule has 1 N–H and O–H groups in total. The fraction of sp³-hybridized carbons (Fsp3) is 0.250. The summed E-state index contributed by atoms with van der Waals surface area (Å²) in [6, 6.07) is 1.96. The molecule has 0 saturated heterocycles. The number of sulfonamides is 1. The molecule has 1 heterocycles. The molecule has 1 aromatic heterocycles. The van der Waals surface area contributed by atoms with Crippen LogP contribution in [0.4, 0.5) is 22.0 Å². The van der Waals surface area contributed by atoms with E-state index in [2.05, 4.69) is 4.98 Å². The monoisotopic (exact) mass is 474 g/mol. The SMILES string of the molecule is CS(=O)(=O)NC(=O)c1cc(F)c(Oc2cnc(OCCC(F)(F)F)c(Cl)c2)cc1F. The van der Waals surface area contributed by atoms with Gasteiger partial charge in [-0.25, -0.2) is 26.9 Å². The van der Waals surface area contributed by atoms with Crippen LogP contribution >= 0.6 is 11.6 Å². The summed E-state index contributed by atoms with van der Waals surface area (Å²) in [7, 11) is -4.00. The van der Waals surface area contributed by atoms with E-state index in [1.807, 2.05) is 0 Å². The number of carbonyl (C=O) groups is 1. The van der Waals surface area contributed by atoms with Gasteiger partial charge in [-0.2, -0.15) is 13.2 Å². The van der Waals surface area contributed by atoms with Crippen molar-refractivity contribution in [2.45, 2.75) is 12.6 Å². The number of aromatic nitrogens is 1. The third-order valence-electron chi connectivity index (χ3n) is 3.18. The first-order valence-electron chi connectivity index (χ1n) is 7.79. The van der Waals surface area contributed by atoms with E-state index in [0.29, 0.717) is 18.4 Å². The first-order valence-corrected chi connectivity index (χ1v) is 10.1. The topological polar surface area (TPSA) is 94.6 Å². The Morgan fingerprint density at radius 1 is 1.20 bits per heavy atom. The minimum Gasteiger partial charge on any atom is -0.476 e. The maximum Gasteiger partial charge on any atom is 0.392 e. The molecule has 0 radical (unpaired) electrons. The molecule has 7 nitrogen and oxygen atoms in total. The van der Waals surface area contributed by atoms with Crippen molar-refractivity contribution in [1.29, 1.82) is 0 Å². The lowest BCUT2D eigenvalue weighted by atomic mass is 10.2. The Kier molecular flexibility index (Phi) is 7.08. The number of carbonyl (C=O) groups excluding carboxylic acids is 1. The summed E-state index contributed by atoms with van der Waals surface area (Å²) in [5.41, 5.74) is -0.880. The Balaban J connectivity index is 2.15. The maximum atomic E-state index is 14.2. The van der Waals surface area contributed by atoms with Crippen molar-refractivity contribution < 1.29 is 44.6 Å². The van der Waals surface area contributed by atoms with Crippen LogP contribution in [-0.4, -0.2) is 38.3 Å². The van der Waals surface area contributed by atoms with Gasteiger partial charge < -0.3 is 9.47 Å². The average molecular weight is 475 g/mol. The molecule has 0 aliphatic carbocycles. The first-order chi connectivity index (χ1) is 13.7. The Bertz CT molecular complexity index is 1060. The highest BCUT2D eigenvalue weighted by atomic mass is 35.5. The molecule has 0 saturated carbocycles. The number of halogens is 6. The molecular formula is C16H12ClF5N2O5S. The van der Waals surface area contributed by atoms with Crippen molar-refractivity contribution in [2.24, 2.45) is 0 Å². The van der Waals surface area contributed by atoms with E-state index in [4.69, 9.17) is 21.1 Å². The molecule has 0 aliphatic rings. The van der Waals surface area contributed by atoms with Crippen LogP contribution in [-0.2, 0) is 10.0 Å². The lowest BCUT2D eigenvalue weighted by molar-refractivity contribution is -0.139. The molecule has 0 fully saturated rings. The van der Waals surface area contributed by atoms with Gasteiger partial charge in [0.2, 0.25) is 15.9 Å². The Morgan fingerprint density at radius 3 is 2.43 bits per heavy atom. The first kappa shape index (κ1) is 23.6. The van der Waals surface area contributed by atoms with Gasteiger partial charge in [0.15, 0.2) is 11.6 Å². The molecule has 0 aliphatic heterocycles. The summed E-state index contributed by atoms with van der Waals surface area (Å²) in [5.74, 6) is -5.10. The predicted molar refractivity (Wildman–Crippen MR) is 94.2 cm³/mol. The number of hydrogen-bond donors (Lipinski definition) is 1. The predicted octanol–water partition coefficient (Wildman–Crippen LogP) is 3.83. The lowest BCUT2D eigenvalue weighted by Gasteiger charge is -2.12. The molecule has 0 unspecified atom stereocenters. The molecule has 164 valence electrons. The van der Waals surface area contributed by atoms with Crippen LogP contribution in [0.2, 0.25) is 5.02 Å². The summed E-state index contributed by atoms with van der Waals surface area (Å²) in [5, 5.41) is -0.250. The van der Waals surface area contributed by atoms with Crippen LogP contribution in [0.1, 0.15) is 16.8 Å². The average Bonchev–Trinajstić information content (AvgIpc) is 2.57. The highest BCUT2D eigenvalue weighted by molar-refractivity contribution is 7.89. The second-order valence-electron chi connectivity index (χ2n) is 5.74. The van der Waals surface area contributed by atoms with Crippen molar-refractivity contribution >= 4 is 27.5 Å². The number of pyridine rings is 1. The van der Waals surface area contributed by atoms with Gasteiger partial charge in [-0.15, -0.1) is 0 Å². The third-order valence-corrected chi connectivity index (χ3v) is 4.01. The van der Waals surface area contributed by atoms with Gasteiger partial charge in [0.05, 0.1) is 31.0 Å². The minimum atomic E-state index is -4.43. The maximum absolute atomic E-state index is 14.2. The number of rotatable bonds is 7. The zero-order chi connectivity index (χ0) is 22.7. The zero-order valence-electron chi connectivity index (χ0n) is 14.9. The smallest absolute Gasteiger partial charge is 0.392 e. The quantitative estimate of drug-likeness (QED) is 0.613. The molecule has 2 rings (SSSR count). The highest BCUT2D eigenvalue weighted by Gasteiger charge is 2.27. The van der Waals surface area contributed by atoms with Crippen LogP contribution in [0.25, 0.3) is 0 Å². The lowest BCUT2D eigenvalue weighted by Crippen LogP contribution is -2.30. The largest absolute Gasteiger partial charge is 0.476 e. The van der Waals surface area contributed by atoms with Gasteiger partial charge in [-0.1, -0.05) is 11.6 Å². The fourth-order valence-corrected chi connectivity index (χ4v) is 2.62. The highest BCUT2D eigenvalue weighted by Crippen LogP contribution is 2.31. The van der Waals surface area contributed by atoms with E-state index in [1.165, 1.54) is 4.72 Å². The number of ether oxygens (including phenoxy) is 2. The molecular weight excluding hydrogens is 463 g/mol. The molecule has 1 amide bonds. The summed E-state index contributed by atoms with van der Waals surface area (Å²) in [6.07, 6.45) is -4.06. The molecule has 0 atom stereocenters. The zero-order valence-corrected chi connectivity index (χ0v) is 16.5. The van der Waals surface area contributed by atoms with E-state index >= 15 is 0 Å².